The Kier molecular flexibility index (Phi) is 5.07. The van der Waals surface area contributed by atoms with E-state index in [4.69, 9.17) is 0 Å². The van der Waals surface area contributed by atoms with Gasteiger partial charge in [0.2, 0.25) is 10.0 Å². The molecule has 1 aliphatic heterocycles. The summed E-state index contributed by atoms with van der Waals surface area (Å²) in [4.78, 5) is 0.422. The van der Waals surface area contributed by atoms with Crippen LogP contribution in [0.25, 0.3) is 0 Å². The molecule has 1 heterocycles. The molecule has 118 valence electrons. The molecule has 4 nitrogen and oxygen atoms in total. The molecule has 2 atom stereocenters. The van der Waals surface area contributed by atoms with Gasteiger partial charge < -0.3 is 5.32 Å². The lowest BCUT2D eigenvalue weighted by Gasteiger charge is -2.27. The van der Waals surface area contributed by atoms with E-state index in [2.05, 4.69) is 12.2 Å². The van der Waals surface area contributed by atoms with Crippen LogP contribution in [0.5, 0.6) is 0 Å². The predicted octanol–water partition coefficient (Wildman–Crippen LogP) is 2.67. The summed E-state index contributed by atoms with van der Waals surface area (Å²) in [6.07, 6.45) is 2.79. The Bertz CT molecular complexity index is 598. The lowest BCUT2D eigenvalue weighted by molar-refractivity contribution is 0.328. The molecule has 1 saturated heterocycles. The summed E-state index contributed by atoms with van der Waals surface area (Å²) in [7, 11) is -1.53. The van der Waals surface area contributed by atoms with Crippen molar-refractivity contribution in [2.75, 3.05) is 7.05 Å². The molecule has 1 N–H and O–H groups in total. The Morgan fingerprint density at radius 3 is 2.67 bits per heavy atom. The molecule has 1 fully saturated rings. The standard InChI is InChI=1S/C16H26N2O2S/c1-5-15-8-7-13(3)18(15)21(19,20)16-9-6-12(2)14(10-16)11-17-4/h6,9-10,13,15,17H,5,7-8,11H2,1-4H3. The van der Waals surface area contributed by atoms with E-state index in [1.165, 1.54) is 0 Å². The van der Waals surface area contributed by atoms with Crippen LogP contribution in [0, 0.1) is 6.92 Å². The summed E-state index contributed by atoms with van der Waals surface area (Å²) >= 11 is 0. The second-order valence-electron chi connectivity index (χ2n) is 5.94. The van der Waals surface area contributed by atoms with Crippen LogP contribution >= 0.6 is 0 Å². The van der Waals surface area contributed by atoms with E-state index in [-0.39, 0.29) is 12.1 Å². The van der Waals surface area contributed by atoms with Crippen molar-refractivity contribution in [1.29, 1.82) is 0 Å². The van der Waals surface area contributed by atoms with Crippen molar-refractivity contribution in [2.45, 2.75) is 63.6 Å². The van der Waals surface area contributed by atoms with Crippen molar-refractivity contribution in [3.63, 3.8) is 0 Å². The first-order chi connectivity index (χ1) is 9.91. The number of aryl methyl sites for hydroxylation is 1. The molecule has 2 unspecified atom stereocenters. The maximum Gasteiger partial charge on any atom is 0.243 e. The number of hydrogen-bond acceptors (Lipinski definition) is 3. The normalized spacial score (nSPS) is 23.6. The van der Waals surface area contributed by atoms with Gasteiger partial charge in [0.1, 0.15) is 0 Å². The zero-order valence-corrected chi connectivity index (χ0v) is 14.2. The van der Waals surface area contributed by atoms with Crippen molar-refractivity contribution < 1.29 is 8.42 Å². The van der Waals surface area contributed by atoms with Crippen LogP contribution in [0.15, 0.2) is 23.1 Å². The molecule has 0 aliphatic carbocycles. The SMILES string of the molecule is CCC1CCC(C)N1S(=O)(=O)c1ccc(C)c(CNC)c1. The Morgan fingerprint density at radius 2 is 2.05 bits per heavy atom. The lowest BCUT2D eigenvalue weighted by Crippen LogP contribution is -2.39. The molecule has 1 aromatic rings. The number of nitrogens with one attached hydrogen (secondary N) is 1. The average Bonchev–Trinajstić information content (AvgIpc) is 2.83. The fourth-order valence-electron chi connectivity index (χ4n) is 3.18. The summed E-state index contributed by atoms with van der Waals surface area (Å²) in [5.41, 5.74) is 2.16. The van der Waals surface area contributed by atoms with Gasteiger partial charge in [0.15, 0.2) is 0 Å². The highest BCUT2D eigenvalue weighted by atomic mass is 32.2. The summed E-state index contributed by atoms with van der Waals surface area (Å²) < 4.78 is 27.7. The van der Waals surface area contributed by atoms with Gasteiger partial charge in [-0.1, -0.05) is 13.0 Å². The minimum absolute atomic E-state index is 0.0917. The third-order valence-electron chi connectivity index (χ3n) is 4.45. The van der Waals surface area contributed by atoms with Crippen LogP contribution in [0.3, 0.4) is 0 Å². The number of sulfonamides is 1. The lowest BCUT2D eigenvalue weighted by atomic mass is 10.1. The minimum Gasteiger partial charge on any atom is -0.316 e. The van der Waals surface area contributed by atoms with Gasteiger partial charge in [0, 0.05) is 18.6 Å². The number of nitrogens with zero attached hydrogens (tertiary/aromatic N) is 1. The zero-order chi connectivity index (χ0) is 15.6. The van der Waals surface area contributed by atoms with E-state index >= 15 is 0 Å². The van der Waals surface area contributed by atoms with E-state index in [1.54, 1.807) is 10.4 Å². The fourth-order valence-corrected chi connectivity index (χ4v) is 5.18. The van der Waals surface area contributed by atoms with Crippen molar-refractivity contribution in [3.8, 4) is 0 Å². The molecule has 0 spiro atoms. The first-order valence-electron chi connectivity index (χ1n) is 7.69. The van der Waals surface area contributed by atoms with Crippen LogP contribution in [-0.2, 0) is 16.6 Å². The van der Waals surface area contributed by atoms with Gasteiger partial charge in [-0.2, -0.15) is 4.31 Å². The van der Waals surface area contributed by atoms with Crippen LogP contribution in [-0.4, -0.2) is 31.9 Å². The third-order valence-corrected chi connectivity index (χ3v) is 6.51. The maximum absolute atomic E-state index is 13.0. The quantitative estimate of drug-likeness (QED) is 0.909. The number of rotatable bonds is 5. The highest BCUT2D eigenvalue weighted by Crippen LogP contribution is 2.32. The first-order valence-corrected chi connectivity index (χ1v) is 9.13. The van der Waals surface area contributed by atoms with E-state index in [0.29, 0.717) is 11.4 Å². The Hall–Kier alpha value is -0.910. The molecule has 21 heavy (non-hydrogen) atoms. The summed E-state index contributed by atoms with van der Waals surface area (Å²) in [5.74, 6) is 0. The summed E-state index contributed by atoms with van der Waals surface area (Å²) in [6, 6.07) is 5.69. The second-order valence-corrected chi connectivity index (χ2v) is 7.79. The first kappa shape index (κ1) is 16.5. The van der Waals surface area contributed by atoms with E-state index in [9.17, 15) is 8.42 Å². The largest absolute Gasteiger partial charge is 0.316 e. The molecule has 0 amide bonds. The van der Waals surface area contributed by atoms with Gasteiger partial charge in [-0.15, -0.1) is 0 Å². The molecule has 0 radical (unpaired) electrons. The predicted molar refractivity (Wildman–Crippen MR) is 85.7 cm³/mol. The van der Waals surface area contributed by atoms with Crippen LogP contribution in [0.1, 0.15) is 44.2 Å². The Labute approximate surface area is 128 Å². The molecule has 0 bridgehead atoms. The highest BCUT2D eigenvalue weighted by molar-refractivity contribution is 7.89. The van der Waals surface area contributed by atoms with Gasteiger partial charge in [-0.3, -0.25) is 0 Å². The van der Waals surface area contributed by atoms with E-state index in [1.807, 2.05) is 33.0 Å². The van der Waals surface area contributed by atoms with Gasteiger partial charge in [0.05, 0.1) is 4.90 Å². The van der Waals surface area contributed by atoms with Crippen LogP contribution in [0.4, 0.5) is 0 Å². The molecule has 1 aliphatic rings. The maximum atomic E-state index is 13.0. The third kappa shape index (κ3) is 3.15. The van der Waals surface area contributed by atoms with Crippen molar-refractivity contribution >= 4 is 10.0 Å². The average molecular weight is 310 g/mol. The van der Waals surface area contributed by atoms with Crippen LogP contribution in [0.2, 0.25) is 0 Å². The molecule has 1 aromatic carbocycles. The van der Waals surface area contributed by atoms with Gasteiger partial charge in [0.25, 0.3) is 0 Å². The van der Waals surface area contributed by atoms with Crippen molar-refractivity contribution in [3.05, 3.63) is 29.3 Å². The Balaban J connectivity index is 2.41. The number of hydrogen-bond donors (Lipinski definition) is 1. The summed E-state index contributed by atoms with van der Waals surface area (Å²) in [5, 5.41) is 3.09. The minimum atomic E-state index is -3.40. The second kappa shape index (κ2) is 6.46. The molecule has 2 rings (SSSR count). The van der Waals surface area contributed by atoms with Crippen LogP contribution < -0.4 is 5.32 Å². The number of benzene rings is 1. The molecular weight excluding hydrogens is 284 g/mol. The molecule has 0 aromatic heterocycles. The monoisotopic (exact) mass is 310 g/mol. The molecular formula is C16H26N2O2S. The topological polar surface area (TPSA) is 49.4 Å². The molecule has 5 heteroatoms. The van der Waals surface area contributed by atoms with Crippen molar-refractivity contribution in [2.24, 2.45) is 0 Å². The Morgan fingerprint density at radius 1 is 1.33 bits per heavy atom. The van der Waals surface area contributed by atoms with Gasteiger partial charge >= 0.3 is 0 Å². The van der Waals surface area contributed by atoms with Gasteiger partial charge in [-0.05, 0) is 63.4 Å². The molecule has 0 saturated carbocycles. The smallest absolute Gasteiger partial charge is 0.243 e. The highest BCUT2D eigenvalue weighted by Gasteiger charge is 2.39. The van der Waals surface area contributed by atoms with E-state index in [0.717, 1.165) is 30.4 Å². The summed E-state index contributed by atoms with van der Waals surface area (Å²) in [6.45, 7) is 6.76. The van der Waals surface area contributed by atoms with Gasteiger partial charge in [-0.25, -0.2) is 8.42 Å². The van der Waals surface area contributed by atoms with E-state index < -0.39 is 10.0 Å². The fraction of sp³-hybridized carbons (Fsp3) is 0.625. The van der Waals surface area contributed by atoms with Crippen molar-refractivity contribution in [1.82, 2.24) is 9.62 Å². The zero-order valence-electron chi connectivity index (χ0n) is 13.4.